The fourth-order valence-corrected chi connectivity index (χ4v) is 3.74. The molecule has 2 saturated carbocycles. The van der Waals surface area contributed by atoms with E-state index in [4.69, 9.17) is 0 Å². The van der Waals surface area contributed by atoms with E-state index in [1.54, 1.807) is 24.1 Å². The summed E-state index contributed by atoms with van der Waals surface area (Å²) in [5, 5.41) is 20.5. The van der Waals surface area contributed by atoms with Crippen LogP contribution in [0.15, 0.2) is 30.6 Å². The molecule has 2 aliphatic carbocycles. The fourth-order valence-electron chi connectivity index (χ4n) is 3.74. The number of aryl methyl sites for hydroxylation is 1. The number of amides is 2. The van der Waals surface area contributed by atoms with Crippen LogP contribution in [0.4, 0.5) is 0 Å². The number of aliphatic hydroxyl groups excluding tert-OH is 1. The first kappa shape index (κ1) is 18.6. The highest BCUT2D eigenvalue weighted by Crippen LogP contribution is 2.39. The Hall–Kier alpha value is -2.74. The topological polar surface area (TPSA) is 109 Å². The maximum absolute atomic E-state index is 12.6. The monoisotopic (exact) mass is 383 g/mol. The highest BCUT2D eigenvalue weighted by atomic mass is 16.3. The minimum absolute atomic E-state index is 0.107. The fraction of sp³-hybridized carbons (Fsp3) is 0.500. The second kappa shape index (κ2) is 7.71. The lowest BCUT2D eigenvalue weighted by molar-refractivity contribution is -0.125. The van der Waals surface area contributed by atoms with Gasteiger partial charge in [0.2, 0.25) is 5.91 Å². The number of hydrogen-bond donors (Lipinski definition) is 3. The van der Waals surface area contributed by atoms with Crippen LogP contribution in [0, 0.1) is 5.92 Å². The zero-order valence-electron chi connectivity index (χ0n) is 15.8. The molecule has 2 fully saturated rings. The maximum atomic E-state index is 12.6. The molecule has 2 aromatic heterocycles. The number of aromatic nitrogens is 3. The number of pyridine rings is 1. The van der Waals surface area contributed by atoms with Gasteiger partial charge in [0.05, 0.1) is 17.8 Å². The maximum Gasteiger partial charge on any atom is 0.269 e. The van der Waals surface area contributed by atoms with Gasteiger partial charge in [0.25, 0.3) is 5.91 Å². The van der Waals surface area contributed by atoms with Crippen LogP contribution in [0.1, 0.15) is 53.3 Å². The van der Waals surface area contributed by atoms with Gasteiger partial charge in [0, 0.05) is 37.8 Å². The summed E-state index contributed by atoms with van der Waals surface area (Å²) < 4.78 is 1.59. The molecule has 2 aromatic rings. The van der Waals surface area contributed by atoms with Crippen molar-refractivity contribution in [2.75, 3.05) is 0 Å². The highest BCUT2D eigenvalue weighted by Gasteiger charge is 2.38. The van der Waals surface area contributed by atoms with Gasteiger partial charge in [-0.05, 0) is 49.4 Å². The summed E-state index contributed by atoms with van der Waals surface area (Å²) in [5.41, 5.74) is 2.40. The van der Waals surface area contributed by atoms with Crippen molar-refractivity contribution in [1.29, 1.82) is 0 Å². The van der Waals surface area contributed by atoms with Gasteiger partial charge in [-0.15, -0.1) is 0 Å². The first-order chi connectivity index (χ1) is 13.5. The quantitative estimate of drug-likeness (QED) is 0.686. The number of nitrogens with zero attached hydrogens (tertiary/aromatic N) is 3. The average Bonchev–Trinajstić information content (AvgIpc) is 3.38. The Labute approximate surface area is 163 Å². The van der Waals surface area contributed by atoms with E-state index in [0.717, 1.165) is 24.1 Å². The van der Waals surface area contributed by atoms with Crippen molar-refractivity contribution in [3.63, 3.8) is 0 Å². The number of nitrogens with one attached hydrogen (secondary N) is 2. The van der Waals surface area contributed by atoms with E-state index in [1.807, 2.05) is 18.2 Å². The Morgan fingerprint density at radius 1 is 1.25 bits per heavy atom. The molecule has 0 radical (unpaired) electrons. The van der Waals surface area contributed by atoms with E-state index < -0.39 is 12.1 Å². The van der Waals surface area contributed by atoms with Crippen LogP contribution in [0.5, 0.6) is 0 Å². The van der Waals surface area contributed by atoms with Crippen molar-refractivity contribution >= 4 is 11.8 Å². The number of aliphatic hydroxyl groups is 1. The smallest absolute Gasteiger partial charge is 0.269 e. The Kier molecular flexibility index (Phi) is 5.13. The normalized spacial score (nSPS) is 24.1. The Morgan fingerprint density at radius 3 is 2.71 bits per heavy atom. The van der Waals surface area contributed by atoms with E-state index in [-0.39, 0.29) is 17.7 Å². The largest absolute Gasteiger partial charge is 0.391 e. The molecule has 0 aromatic carbocycles. The zero-order chi connectivity index (χ0) is 19.7. The molecule has 3 N–H and O–H groups in total. The summed E-state index contributed by atoms with van der Waals surface area (Å²) >= 11 is 0. The zero-order valence-corrected chi connectivity index (χ0v) is 15.8. The predicted molar refractivity (Wildman–Crippen MR) is 101 cm³/mol. The summed E-state index contributed by atoms with van der Waals surface area (Å²) in [4.78, 5) is 29.0. The van der Waals surface area contributed by atoms with Crippen LogP contribution in [-0.4, -0.2) is 43.8 Å². The lowest BCUT2D eigenvalue weighted by Gasteiger charge is -2.16. The van der Waals surface area contributed by atoms with Crippen LogP contribution >= 0.6 is 0 Å². The summed E-state index contributed by atoms with van der Waals surface area (Å²) in [6.07, 6.45) is 5.62. The van der Waals surface area contributed by atoms with Crippen LogP contribution in [0.2, 0.25) is 0 Å². The van der Waals surface area contributed by atoms with Gasteiger partial charge in [0.1, 0.15) is 5.69 Å². The minimum Gasteiger partial charge on any atom is -0.391 e. The number of rotatable bonds is 6. The molecule has 3 atom stereocenters. The molecular weight excluding hydrogens is 358 g/mol. The Morgan fingerprint density at radius 2 is 2.00 bits per heavy atom. The lowest BCUT2D eigenvalue weighted by Crippen LogP contribution is -2.40. The van der Waals surface area contributed by atoms with Crippen LogP contribution in [-0.2, 0) is 18.4 Å². The predicted octanol–water partition coefficient (Wildman–Crippen LogP) is 0.878. The van der Waals surface area contributed by atoms with Crippen molar-refractivity contribution in [2.24, 2.45) is 13.0 Å². The van der Waals surface area contributed by atoms with Crippen LogP contribution < -0.4 is 10.6 Å². The van der Waals surface area contributed by atoms with Gasteiger partial charge in [-0.2, -0.15) is 5.10 Å². The molecule has 8 nitrogen and oxygen atoms in total. The van der Waals surface area contributed by atoms with E-state index in [0.29, 0.717) is 31.0 Å². The van der Waals surface area contributed by atoms with Crippen LogP contribution in [0.25, 0.3) is 0 Å². The molecule has 148 valence electrons. The molecule has 28 heavy (non-hydrogen) atoms. The first-order valence-electron chi connectivity index (χ1n) is 9.70. The van der Waals surface area contributed by atoms with Gasteiger partial charge in [-0.1, -0.05) is 0 Å². The molecule has 0 saturated heterocycles. The summed E-state index contributed by atoms with van der Waals surface area (Å²) in [6, 6.07) is 5.07. The van der Waals surface area contributed by atoms with Gasteiger partial charge in [-0.25, -0.2) is 0 Å². The number of carbonyl (C=O) groups is 2. The molecule has 0 unspecified atom stereocenters. The molecule has 2 amide bonds. The van der Waals surface area contributed by atoms with E-state index in [9.17, 15) is 14.7 Å². The third-order valence-electron chi connectivity index (χ3n) is 5.56. The summed E-state index contributed by atoms with van der Waals surface area (Å²) in [6.45, 7) is 0.421. The molecule has 4 rings (SSSR count). The third-order valence-corrected chi connectivity index (χ3v) is 5.56. The minimum atomic E-state index is -0.739. The third kappa shape index (κ3) is 4.06. The van der Waals surface area contributed by atoms with Crippen molar-refractivity contribution in [2.45, 2.75) is 50.3 Å². The lowest BCUT2D eigenvalue weighted by atomic mass is 10.1. The van der Waals surface area contributed by atoms with Crippen molar-refractivity contribution in [3.8, 4) is 0 Å². The standard InChI is InChI=1S/C20H25N5O3/c1-25-17(10-15(24-25)13-2-3-13)20(28)23-16-8-14(9-18(16)26)19(27)22-11-12-4-6-21-7-5-12/h4-7,10,13-14,16,18,26H,2-3,8-9,11H2,1H3,(H,22,27)(H,23,28)/t14-,16+,18+/m0/s1. The molecular formula is C20H25N5O3. The van der Waals surface area contributed by atoms with Crippen LogP contribution in [0.3, 0.4) is 0 Å². The number of hydrogen-bond acceptors (Lipinski definition) is 5. The molecule has 2 aliphatic rings. The summed E-state index contributed by atoms with van der Waals surface area (Å²) in [5.74, 6) is -0.220. The first-order valence-corrected chi connectivity index (χ1v) is 9.70. The van der Waals surface area contributed by atoms with E-state index in [2.05, 4.69) is 20.7 Å². The van der Waals surface area contributed by atoms with Gasteiger partial charge in [-0.3, -0.25) is 19.3 Å². The second-order valence-electron chi connectivity index (χ2n) is 7.74. The van der Waals surface area contributed by atoms with Crippen molar-refractivity contribution in [1.82, 2.24) is 25.4 Å². The molecule has 0 aliphatic heterocycles. The number of carbonyl (C=O) groups excluding carboxylic acids is 2. The highest BCUT2D eigenvalue weighted by molar-refractivity contribution is 5.93. The second-order valence-corrected chi connectivity index (χ2v) is 7.74. The van der Waals surface area contributed by atoms with Gasteiger partial charge >= 0.3 is 0 Å². The van der Waals surface area contributed by atoms with Gasteiger partial charge < -0.3 is 15.7 Å². The van der Waals surface area contributed by atoms with E-state index >= 15 is 0 Å². The Balaban J connectivity index is 1.32. The Bertz CT molecular complexity index is 862. The van der Waals surface area contributed by atoms with Crippen molar-refractivity contribution in [3.05, 3.63) is 47.5 Å². The van der Waals surface area contributed by atoms with Gasteiger partial charge in [0.15, 0.2) is 0 Å². The molecule has 0 spiro atoms. The SMILES string of the molecule is Cn1nc(C2CC2)cc1C(=O)N[C@@H]1C[C@H](C(=O)NCc2ccncc2)C[C@H]1O. The van der Waals surface area contributed by atoms with E-state index in [1.165, 1.54) is 0 Å². The molecule has 8 heteroatoms. The summed E-state index contributed by atoms with van der Waals surface area (Å²) in [7, 11) is 1.75. The van der Waals surface area contributed by atoms with Crippen molar-refractivity contribution < 1.29 is 14.7 Å². The average molecular weight is 383 g/mol. The molecule has 2 heterocycles. The molecule has 0 bridgehead atoms.